The monoisotopic (exact) mass is 694 g/mol. The van der Waals surface area contributed by atoms with Crippen molar-refractivity contribution in [3.8, 4) is 35.2 Å². The Morgan fingerprint density at radius 3 is 1.18 bits per heavy atom. The highest BCUT2D eigenvalue weighted by atomic mass is 19.4. The van der Waals surface area contributed by atoms with Crippen molar-refractivity contribution < 1.29 is 35.8 Å². The van der Waals surface area contributed by atoms with Gasteiger partial charge in [0, 0.05) is 22.3 Å². The van der Waals surface area contributed by atoms with E-state index >= 15 is 0 Å². The quantitative estimate of drug-likeness (QED) is 0.132. The summed E-state index contributed by atoms with van der Waals surface area (Å²) in [6.45, 7) is 4.24. The van der Waals surface area contributed by atoms with Gasteiger partial charge in [-0.1, -0.05) is 92.5 Å². The van der Waals surface area contributed by atoms with Crippen molar-refractivity contribution in [2.24, 2.45) is 0 Å². The van der Waals surface area contributed by atoms with Crippen LogP contribution in [0.25, 0.3) is 21.5 Å². The Morgan fingerprint density at radius 1 is 0.431 bits per heavy atom. The van der Waals surface area contributed by atoms with Crippen molar-refractivity contribution in [1.82, 2.24) is 0 Å². The van der Waals surface area contributed by atoms with E-state index in [1.807, 2.05) is 48.5 Å². The van der Waals surface area contributed by atoms with Crippen molar-refractivity contribution >= 4 is 21.5 Å². The summed E-state index contributed by atoms with van der Waals surface area (Å²) in [4.78, 5) is 0. The average molecular weight is 695 g/mol. The molecule has 0 spiro atoms. The summed E-state index contributed by atoms with van der Waals surface area (Å²) in [5, 5.41) is 2.95. The molecular formula is C43H32F6O2. The molecule has 6 aromatic carbocycles. The molecule has 0 heterocycles. The second kappa shape index (κ2) is 16.2. The van der Waals surface area contributed by atoms with Crippen molar-refractivity contribution in [2.75, 3.05) is 0 Å². The van der Waals surface area contributed by atoms with E-state index in [-0.39, 0.29) is 11.5 Å². The summed E-state index contributed by atoms with van der Waals surface area (Å²) in [5.74, 6) is 11.9. The number of benzene rings is 6. The van der Waals surface area contributed by atoms with E-state index in [0.29, 0.717) is 10.8 Å². The predicted molar refractivity (Wildman–Crippen MR) is 189 cm³/mol. The van der Waals surface area contributed by atoms with Crippen molar-refractivity contribution in [3.63, 3.8) is 0 Å². The van der Waals surface area contributed by atoms with E-state index in [0.717, 1.165) is 52.3 Å². The zero-order chi connectivity index (χ0) is 36.4. The maximum atomic E-state index is 12.3. The highest BCUT2D eigenvalue weighted by Gasteiger charge is 2.31. The van der Waals surface area contributed by atoms with E-state index in [1.54, 1.807) is 36.4 Å². The number of hydrogen-bond donors (Lipinski definition) is 0. The Kier molecular flexibility index (Phi) is 11.6. The molecule has 0 radical (unpaired) electrons. The molecule has 0 aliphatic heterocycles. The topological polar surface area (TPSA) is 18.5 Å². The Balaban J connectivity index is 0.000000198. The smallest absolute Gasteiger partial charge is 0.406 e. The van der Waals surface area contributed by atoms with Crippen LogP contribution in [0.3, 0.4) is 0 Å². The van der Waals surface area contributed by atoms with Gasteiger partial charge in [0.2, 0.25) is 0 Å². The lowest BCUT2D eigenvalue weighted by molar-refractivity contribution is -0.275. The molecule has 0 aliphatic rings. The molecule has 0 aromatic heterocycles. The van der Waals surface area contributed by atoms with Crippen LogP contribution in [0.4, 0.5) is 26.3 Å². The predicted octanol–water partition coefficient (Wildman–Crippen LogP) is 11.8. The lowest BCUT2D eigenvalue weighted by Crippen LogP contribution is -2.16. The first-order valence-corrected chi connectivity index (χ1v) is 16.2. The van der Waals surface area contributed by atoms with Gasteiger partial charge in [-0.15, -0.1) is 26.3 Å². The van der Waals surface area contributed by atoms with Crippen LogP contribution in [0.5, 0.6) is 11.5 Å². The van der Waals surface area contributed by atoms with Gasteiger partial charge in [-0.2, -0.15) is 0 Å². The van der Waals surface area contributed by atoms with Crippen molar-refractivity contribution in [2.45, 2.75) is 45.8 Å². The molecule has 0 aliphatic carbocycles. The Hall–Kier alpha value is -5.86. The summed E-state index contributed by atoms with van der Waals surface area (Å²) in [6, 6.07) is 35.5. The molecule has 2 nitrogen and oxygen atoms in total. The summed E-state index contributed by atoms with van der Waals surface area (Å²) in [6.07, 6.45) is -6.23. The molecular weight excluding hydrogens is 662 g/mol. The van der Waals surface area contributed by atoms with Gasteiger partial charge < -0.3 is 9.47 Å². The van der Waals surface area contributed by atoms with Crippen LogP contribution >= 0.6 is 0 Å². The number of ether oxygens (including phenoxy) is 2. The van der Waals surface area contributed by atoms with Crippen molar-refractivity contribution in [3.05, 3.63) is 155 Å². The van der Waals surface area contributed by atoms with Crippen LogP contribution in [-0.2, 0) is 12.8 Å². The molecule has 0 saturated carbocycles. The minimum absolute atomic E-state index is 0.226. The van der Waals surface area contributed by atoms with Gasteiger partial charge in [0.15, 0.2) is 0 Å². The van der Waals surface area contributed by atoms with E-state index in [1.165, 1.54) is 35.4 Å². The standard InChI is InChI=1S/C22H17F3O.C21H15F3O/c1-2-3-16-4-6-17(7-5-16)8-9-18-10-11-20-15-21(26-22(23,24)25)13-12-19(20)14-18;1-2-15-3-5-16(6-4-15)7-8-17-9-10-19-14-20(25-21(22,23)24)12-11-18(19)13-17/h4-7,10-15H,2-3H2,1H3;3-6,9-14H,2H2,1H3. The molecule has 0 fully saturated rings. The third kappa shape index (κ3) is 11.3. The fourth-order valence-electron chi connectivity index (χ4n) is 5.15. The third-order valence-corrected chi connectivity index (χ3v) is 7.65. The lowest BCUT2D eigenvalue weighted by Gasteiger charge is -2.09. The molecule has 258 valence electrons. The highest BCUT2D eigenvalue weighted by molar-refractivity contribution is 5.86. The third-order valence-electron chi connectivity index (χ3n) is 7.65. The van der Waals surface area contributed by atoms with E-state index in [9.17, 15) is 26.3 Å². The van der Waals surface area contributed by atoms with Gasteiger partial charge in [-0.05, 0) is 118 Å². The number of halogens is 6. The molecule has 0 unspecified atom stereocenters. The molecule has 51 heavy (non-hydrogen) atoms. The summed E-state index contributed by atoms with van der Waals surface area (Å²) in [5.41, 5.74) is 6.01. The number of alkyl halides is 6. The fraction of sp³-hybridized carbons (Fsp3) is 0.163. The minimum atomic E-state index is -4.69. The first-order chi connectivity index (χ1) is 24.4. The number of aryl methyl sites for hydroxylation is 2. The fourth-order valence-corrected chi connectivity index (χ4v) is 5.15. The zero-order valence-electron chi connectivity index (χ0n) is 27.8. The maximum absolute atomic E-state index is 12.3. The Bertz CT molecular complexity index is 2230. The normalized spacial score (nSPS) is 11.1. The Labute approximate surface area is 292 Å². The van der Waals surface area contributed by atoms with Crippen LogP contribution in [0.1, 0.15) is 53.6 Å². The molecule has 0 bridgehead atoms. The van der Waals surface area contributed by atoms with Crippen LogP contribution < -0.4 is 9.47 Å². The lowest BCUT2D eigenvalue weighted by atomic mass is 10.1. The average Bonchev–Trinajstić information content (AvgIpc) is 3.09. The van der Waals surface area contributed by atoms with E-state index in [4.69, 9.17) is 0 Å². The summed E-state index contributed by atoms with van der Waals surface area (Å²) in [7, 11) is 0. The zero-order valence-corrected chi connectivity index (χ0v) is 27.8. The molecule has 0 amide bonds. The van der Waals surface area contributed by atoms with Crippen LogP contribution in [0.2, 0.25) is 0 Å². The summed E-state index contributed by atoms with van der Waals surface area (Å²) < 4.78 is 81.6. The van der Waals surface area contributed by atoms with Gasteiger partial charge in [-0.25, -0.2) is 0 Å². The molecule has 6 aromatic rings. The van der Waals surface area contributed by atoms with Gasteiger partial charge in [-0.3, -0.25) is 0 Å². The SMILES string of the molecule is CCCc1ccc(C#Cc2ccc3cc(OC(F)(F)F)ccc3c2)cc1.CCc1ccc(C#Cc2ccc3cc(OC(F)(F)F)ccc3c2)cc1. The second-order valence-electron chi connectivity index (χ2n) is 11.5. The van der Waals surface area contributed by atoms with E-state index < -0.39 is 12.7 Å². The van der Waals surface area contributed by atoms with Gasteiger partial charge in [0.1, 0.15) is 11.5 Å². The molecule has 0 saturated heterocycles. The largest absolute Gasteiger partial charge is 0.573 e. The van der Waals surface area contributed by atoms with Crippen LogP contribution in [-0.4, -0.2) is 12.7 Å². The van der Waals surface area contributed by atoms with Gasteiger partial charge in [0.05, 0.1) is 0 Å². The summed E-state index contributed by atoms with van der Waals surface area (Å²) >= 11 is 0. The van der Waals surface area contributed by atoms with Gasteiger partial charge >= 0.3 is 12.7 Å². The Morgan fingerprint density at radius 2 is 0.784 bits per heavy atom. The first kappa shape index (κ1) is 36.4. The first-order valence-electron chi connectivity index (χ1n) is 16.2. The number of rotatable bonds is 5. The minimum Gasteiger partial charge on any atom is -0.406 e. The molecule has 0 N–H and O–H groups in total. The second-order valence-corrected chi connectivity index (χ2v) is 11.5. The molecule has 0 atom stereocenters. The van der Waals surface area contributed by atoms with Crippen molar-refractivity contribution in [1.29, 1.82) is 0 Å². The van der Waals surface area contributed by atoms with Gasteiger partial charge in [0.25, 0.3) is 0 Å². The molecule has 6 rings (SSSR count). The highest BCUT2D eigenvalue weighted by Crippen LogP contribution is 2.28. The maximum Gasteiger partial charge on any atom is 0.573 e. The molecule has 8 heteroatoms. The van der Waals surface area contributed by atoms with Crippen LogP contribution in [0, 0.1) is 23.7 Å². The number of fused-ring (bicyclic) bond motifs is 2. The van der Waals surface area contributed by atoms with Crippen LogP contribution in [0.15, 0.2) is 121 Å². The van der Waals surface area contributed by atoms with E-state index in [2.05, 4.69) is 59.1 Å². The number of hydrogen-bond acceptors (Lipinski definition) is 2.